The molecule has 6 atom stereocenters. The number of aliphatic hydroxyl groups is 1. The molecule has 4 nitrogen and oxygen atoms in total. The second kappa shape index (κ2) is 10.4. The van der Waals surface area contributed by atoms with Crippen LogP contribution in [0.2, 0.25) is 0 Å². The summed E-state index contributed by atoms with van der Waals surface area (Å²) in [5.74, 6) is 0.804. The highest BCUT2D eigenvalue weighted by Crippen LogP contribution is 2.69. The minimum absolute atomic E-state index is 0.0417. The zero-order valence-corrected chi connectivity index (χ0v) is 24.0. The van der Waals surface area contributed by atoms with Gasteiger partial charge in [-0.05, 0) is 88.2 Å². The maximum Gasteiger partial charge on any atom is 0.302 e. The molecule has 36 heavy (non-hydrogen) atoms. The van der Waals surface area contributed by atoms with Crippen LogP contribution in [-0.4, -0.2) is 29.1 Å². The molecule has 0 aliphatic heterocycles. The molecule has 0 saturated heterocycles. The lowest BCUT2D eigenvalue weighted by Crippen LogP contribution is -2.58. The second-order valence-corrected chi connectivity index (χ2v) is 13.0. The summed E-state index contributed by atoms with van der Waals surface area (Å²) in [5, 5.41) is 10.4. The Balaban J connectivity index is 1.87. The first-order valence-corrected chi connectivity index (χ1v) is 13.7. The summed E-state index contributed by atoms with van der Waals surface area (Å²) in [6.45, 7) is 18.8. The van der Waals surface area contributed by atoms with Gasteiger partial charge in [-0.15, -0.1) is 0 Å². The predicted octanol–water partition coefficient (Wildman–Crippen LogP) is 7.29. The van der Waals surface area contributed by atoms with Crippen molar-refractivity contribution < 1.29 is 19.4 Å². The van der Waals surface area contributed by atoms with Crippen molar-refractivity contribution in [2.24, 2.45) is 28.1 Å². The number of ether oxygens (including phenoxy) is 1. The summed E-state index contributed by atoms with van der Waals surface area (Å²) >= 11 is 0. The minimum Gasteiger partial charge on any atom is -0.462 e. The van der Waals surface area contributed by atoms with E-state index >= 15 is 0 Å². The Morgan fingerprint density at radius 2 is 1.72 bits per heavy atom. The lowest BCUT2D eigenvalue weighted by molar-refractivity contribution is -0.185. The van der Waals surface area contributed by atoms with Gasteiger partial charge in [0.05, 0.1) is 6.10 Å². The van der Waals surface area contributed by atoms with E-state index in [-0.39, 0.29) is 34.1 Å². The minimum atomic E-state index is -0.492. The van der Waals surface area contributed by atoms with E-state index in [0.29, 0.717) is 24.7 Å². The van der Waals surface area contributed by atoms with Gasteiger partial charge in [-0.3, -0.25) is 9.59 Å². The number of rotatable bonds is 6. The first-order chi connectivity index (χ1) is 16.6. The Bertz CT molecular complexity index is 1010. The van der Waals surface area contributed by atoms with E-state index in [1.807, 2.05) is 39.0 Å². The van der Waals surface area contributed by atoms with Crippen molar-refractivity contribution in [3.63, 3.8) is 0 Å². The fourth-order valence-electron chi connectivity index (χ4n) is 8.04. The Morgan fingerprint density at radius 1 is 1.06 bits per heavy atom. The molecular formula is C32H48O4. The second-order valence-electron chi connectivity index (χ2n) is 13.0. The molecule has 0 aromatic rings. The molecule has 0 amide bonds. The molecule has 0 bridgehead atoms. The first-order valence-electron chi connectivity index (χ1n) is 13.7. The zero-order chi connectivity index (χ0) is 27.1. The van der Waals surface area contributed by atoms with Crippen LogP contribution in [0.4, 0.5) is 0 Å². The third-order valence-electron chi connectivity index (χ3n) is 9.91. The third kappa shape index (κ3) is 5.21. The summed E-state index contributed by atoms with van der Waals surface area (Å²) in [6.07, 6.45) is 12.6. The van der Waals surface area contributed by atoms with Crippen molar-refractivity contribution in [1.82, 2.24) is 0 Å². The largest absolute Gasteiger partial charge is 0.462 e. The summed E-state index contributed by atoms with van der Waals surface area (Å²) in [7, 11) is 0. The highest BCUT2D eigenvalue weighted by molar-refractivity contribution is 6.00. The fraction of sp³-hybridized carbons (Fsp3) is 0.688. The van der Waals surface area contributed by atoms with Gasteiger partial charge in [-0.1, -0.05) is 57.6 Å². The van der Waals surface area contributed by atoms with Gasteiger partial charge in [-0.2, -0.15) is 0 Å². The predicted molar refractivity (Wildman–Crippen MR) is 146 cm³/mol. The van der Waals surface area contributed by atoms with Gasteiger partial charge in [0.25, 0.3) is 0 Å². The zero-order valence-electron chi connectivity index (χ0n) is 24.0. The Hall–Kier alpha value is -1.94. The van der Waals surface area contributed by atoms with E-state index in [4.69, 9.17) is 4.74 Å². The average Bonchev–Trinajstić information content (AvgIpc) is 3.05. The number of fused-ring (bicyclic) bond motifs is 3. The number of allylic oxidation sites excluding steroid dienone is 6. The number of carbonyl (C=O) groups excluding carboxylic acids is 2. The highest BCUT2D eigenvalue weighted by atomic mass is 16.5. The van der Waals surface area contributed by atoms with Crippen LogP contribution in [0.5, 0.6) is 0 Å². The quantitative estimate of drug-likeness (QED) is 0.182. The highest BCUT2D eigenvalue weighted by Gasteiger charge is 2.65. The number of esters is 1. The van der Waals surface area contributed by atoms with Crippen molar-refractivity contribution in [3.05, 3.63) is 46.6 Å². The van der Waals surface area contributed by atoms with E-state index < -0.39 is 6.10 Å². The fourth-order valence-corrected chi connectivity index (χ4v) is 8.04. The number of aliphatic hydroxyl groups excluding tert-OH is 1. The first kappa shape index (κ1) is 28.6. The molecule has 0 aromatic carbocycles. The molecule has 0 aromatic heterocycles. The molecule has 0 radical (unpaired) electrons. The van der Waals surface area contributed by atoms with Crippen LogP contribution in [0.1, 0.15) is 101 Å². The van der Waals surface area contributed by atoms with E-state index in [2.05, 4.69) is 40.7 Å². The molecule has 3 saturated carbocycles. The van der Waals surface area contributed by atoms with Crippen molar-refractivity contribution in [1.29, 1.82) is 0 Å². The molecule has 0 heterocycles. The average molecular weight is 497 g/mol. The molecule has 3 rings (SSSR count). The van der Waals surface area contributed by atoms with E-state index in [1.165, 1.54) is 12.5 Å². The molecule has 3 fully saturated rings. The summed E-state index contributed by atoms with van der Waals surface area (Å²) < 4.78 is 5.77. The van der Waals surface area contributed by atoms with Crippen LogP contribution in [-0.2, 0) is 14.3 Å². The smallest absolute Gasteiger partial charge is 0.302 e. The van der Waals surface area contributed by atoms with Crippen LogP contribution < -0.4 is 0 Å². The monoisotopic (exact) mass is 496 g/mol. The molecule has 3 aliphatic carbocycles. The van der Waals surface area contributed by atoms with Crippen molar-refractivity contribution >= 4 is 11.8 Å². The summed E-state index contributed by atoms with van der Waals surface area (Å²) in [4.78, 5) is 25.3. The third-order valence-corrected chi connectivity index (χ3v) is 9.91. The maximum absolute atomic E-state index is 13.5. The molecule has 2 unspecified atom stereocenters. The lowest BCUT2D eigenvalue weighted by Gasteiger charge is -2.62. The van der Waals surface area contributed by atoms with Crippen molar-refractivity contribution in [2.75, 3.05) is 0 Å². The number of ketones is 1. The van der Waals surface area contributed by atoms with Gasteiger partial charge < -0.3 is 9.84 Å². The van der Waals surface area contributed by atoms with Crippen LogP contribution in [0.15, 0.2) is 46.6 Å². The van der Waals surface area contributed by atoms with E-state index in [0.717, 1.165) is 42.4 Å². The van der Waals surface area contributed by atoms with Gasteiger partial charge in [0.1, 0.15) is 6.10 Å². The summed E-state index contributed by atoms with van der Waals surface area (Å²) in [6, 6.07) is 0. The molecule has 0 spiro atoms. The molecule has 200 valence electrons. The van der Waals surface area contributed by atoms with E-state index in [9.17, 15) is 14.7 Å². The standard InChI is InChI=1S/C32H48O4/c1-20(2)13-14-24(34)21(3)11-10-12-22(4)29-25(35)19-27-31(8)18-16-28(36-23(5)33)30(6,7)26(31)15-17-32(27,29)9/h10-13,24,26-28,34H,14-19H2,1-9H3/b12-10+,21-11+,29-22+/t24?,26?,27-,28+,31-,32-/m0/s1. The number of hydrogen-bond donors (Lipinski definition) is 1. The van der Waals surface area contributed by atoms with Crippen LogP contribution >= 0.6 is 0 Å². The lowest BCUT2D eigenvalue weighted by atomic mass is 9.43. The molecular weight excluding hydrogens is 448 g/mol. The number of carbonyl (C=O) groups is 2. The van der Waals surface area contributed by atoms with Crippen molar-refractivity contribution in [3.8, 4) is 0 Å². The topological polar surface area (TPSA) is 63.6 Å². The van der Waals surface area contributed by atoms with E-state index in [1.54, 1.807) is 0 Å². The number of hydrogen-bond acceptors (Lipinski definition) is 4. The SMILES string of the molecule is CC(=O)O[C@@H]1CC[C@@]2(C)C(CC[C@]3(C)/C(=C(C)/C=C/C=C(\C)C(O)CC=C(C)C)C(=O)C[C@@H]23)C1(C)C. The van der Waals surface area contributed by atoms with Gasteiger partial charge >= 0.3 is 5.97 Å². The van der Waals surface area contributed by atoms with Gasteiger partial charge in [0.2, 0.25) is 0 Å². The van der Waals surface area contributed by atoms with Crippen LogP contribution in [0, 0.1) is 28.1 Å². The summed E-state index contributed by atoms with van der Waals surface area (Å²) in [5.41, 5.74) is 3.96. The Morgan fingerprint density at radius 3 is 2.33 bits per heavy atom. The van der Waals surface area contributed by atoms with Gasteiger partial charge in [-0.25, -0.2) is 0 Å². The molecule has 4 heteroatoms. The maximum atomic E-state index is 13.5. The van der Waals surface area contributed by atoms with Gasteiger partial charge in [0, 0.05) is 29.7 Å². The normalized spacial score (nSPS) is 36.2. The van der Waals surface area contributed by atoms with Crippen molar-refractivity contribution in [2.45, 2.75) is 113 Å². The van der Waals surface area contributed by atoms with Crippen LogP contribution in [0.25, 0.3) is 0 Å². The van der Waals surface area contributed by atoms with Crippen LogP contribution in [0.3, 0.4) is 0 Å². The van der Waals surface area contributed by atoms with Gasteiger partial charge in [0.15, 0.2) is 5.78 Å². The molecule has 3 aliphatic rings. The Kier molecular flexibility index (Phi) is 8.30. The number of Topliss-reactive ketones (excluding diaryl/α,β-unsaturated/α-hetero) is 1. The Labute approximate surface area is 219 Å². The molecule has 1 N–H and O–H groups in total.